The first-order chi connectivity index (χ1) is 12.3. The molecule has 2 aromatic carbocycles. The van der Waals surface area contributed by atoms with E-state index in [-0.39, 0.29) is 37.2 Å². The van der Waals surface area contributed by atoms with Gasteiger partial charge in [0.15, 0.2) is 0 Å². The third kappa shape index (κ3) is 5.91. The smallest absolute Gasteiger partial charge is 0.222 e. The van der Waals surface area contributed by atoms with Crippen LogP contribution in [0.25, 0.3) is 0 Å². The second-order valence-electron chi connectivity index (χ2n) is 5.97. The first kappa shape index (κ1) is 19.5. The summed E-state index contributed by atoms with van der Waals surface area (Å²) in [6.07, 6.45) is 0.242. The molecule has 0 bridgehead atoms. The third-order valence-corrected chi connectivity index (χ3v) is 3.97. The van der Waals surface area contributed by atoms with Crippen molar-refractivity contribution < 1.29 is 22.8 Å². The third-order valence-electron chi connectivity index (χ3n) is 3.97. The summed E-state index contributed by atoms with van der Waals surface area (Å²) in [5.41, 5.74) is 6.17. The molecule has 0 aromatic heterocycles. The lowest BCUT2D eigenvalue weighted by atomic mass is 9.98. The second kappa shape index (κ2) is 9.03. The van der Waals surface area contributed by atoms with E-state index in [4.69, 9.17) is 5.73 Å². The Hall–Kier alpha value is -2.83. The van der Waals surface area contributed by atoms with Crippen LogP contribution < -0.4 is 11.1 Å². The zero-order chi connectivity index (χ0) is 19.1. The highest BCUT2D eigenvalue weighted by atomic mass is 19.1. The Morgan fingerprint density at radius 2 is 1.65 bits per heavy atom. The highest BCUT2D eigenvalue weighted by molar-refractivity contribution is 5.80. The van der Waals surface area contributed by atoms with E-state index < -0.39 is 29.4 Å². The van der Waals surface area contributed by atoms with Crippen LogP contribution >= 0.6 is 0 Å². The molecule has 0 aliphatic rings. The Balaban J connectivity index is 1.85. The first-order valence-electron chi connectivity index (χ1n) is 8.09. The van der Waals surface area contributed by atoms with E-state index in [1.807, 2.05) is 0 Å². The second-order valence-corrected chi connectivity index (χ2v) is 5.97. The molecule has 4 nitrogen and oxygen atoms in total. The lowest BCUT2D eigenvalue weighted by Crippen LogP contribution is -2.37. The summed E-state index contributed by atoms with van der Waals surface area (Å²) >= 11 is 0. The van der Waals surface area contributed by atoms with Gasteiger partial charge in [-0.2, -0.15) is 0 Å². The molecule has 0 aliphatic heterocycles. The number of carbonyl (C=O) groups is 2. The summed E-state index contributed by atoms with van der Waals surface area (Å²) in [6, 6.07) is 8.70. The predicted octanol–water partition coefficient (Wildman–Crippen LogP) is 2.50. The van der Waals surface area contributed by atoms with Gasteiger partial charge < -0.3 is 11.1 Å². The van der Waals surface area contributed by atoms with Crippen molar-refractivity contribution >= 4 is 11.8 Å². The minimum absolute atomic E-state index is 0.0111. The number of aryl methyl sites for hydroxylation is 1. The number of nitrogens with two attached hydrogens (primary N) is 1. The van der Waals surface area contributed by atoms with Gasteiger partial charge in [0, 0.05) is 13.0 Å². The maximum absolute atomic E-state index is 13.5. The van der Waals surface area contributed by atoms with E-state index in [9.17, 15) is 22.8 Å². The molecule has 0 heterocycles. The average molecular weight is 364 g/mol. The molecular formula is C19H19F3N2O2. The van der Waals surface area contributed by atoms with Crippen LogP contribution in [0.15, 0.2) is 42.5 Å². The highest BCUT2D eigenvalue weighted by Gasteiger charge is 2.17. The number of hydrogen-bond acceptors (Lipinski definition) is 2. The Labute approximate surface area is 149 Å². The maximum Gasteiger partial charge on any atom is 0.222 e. The van der Waals surface area contributed by atoms with Gasteiger partial charge in [-0.15, -0.1) is 0 Å². The van der Waals surface area contributed by atoms with Crippen molar-refractivity contribution in [3.63, 3.8) is 0 Å². The summed E-state index contributed by atoms with van der Waals surface area (Å²) < 4.78 is 39.5. The average Bonchev–Trinajstić information content (AvgIpc) is 2.60. The van der Waals surface area contributed by atoms with Crippen molar-refractivity contribution in [2.24, 2.45) is 11.7 Å². The number of amides is 2. The normalized spacial score (nSPS) is 11.8. The molecule has 2 rings (SSSR count). The lowest BCUT2D eigenvalue weighted by molar-refractivity contribution is -0.123. The molecule has 0 radical (unpaired) electrons. The van der Waals surface area contributed by atoms with Gasteiger partial charge >= 0.3 is 0 Å². The van der Waals surface area contributed by atoms with Gasteiger partial charge in [-0.3, -0.25) is 9.59 Å². The first-order valence-corrected chi connectivity index (χ1v) is 8.09. The summed E-state index contributed by atoms with van der Waals surface area (Å²) in [7, 11) is 0. The SMILES string of the molecule is NC(=O)C(CNC(=O)CCc1cc(F)ccc1F)Cc1ccc(F)cc1. The molecule has 3 N–H and O–H groups in total. The minimum atomic E-state index is -0.657. The number of halogens is 3. The summed E-state index contributed by atoms with van der Waals surface area (Å²) in [5, 5.41) is 2.57. The van der Waals surface area contributed by atoms with Crippen molar-refractivity contribution in [3.8, 4) is 0 Å². The number of nitrogens with one attached hydrogen (secondary N) is 1. The molecule has 0 spiro atoms. The number of hydrogen-bond donors (Lipinski definition) is 2. The Kier molecular flexibility index (Phi) is 6.77. The molecule has 0 saturated heterocycles. The monoisotopic (exact) mass is 364 g/mol. The van der Waals surface area contributed by atoms with E-state index in [2.05, 4.69) is 5.32 Å². The van der Waals surface area contributed by atoms with Crippen LogP contribution in [0.4, 0.5) is 13.2 Å². The molecular weight excluding hydrogens is 345 g/mol. The predicted molar refractivity (Wildman–Crippen MR) is 90.5 cm³/mol. The molecule has 2 aromatic rings. The lowest BCUT2D eigenvalue weighted by Gasteiger charge is -2.14. The van der Waals surface area contributed by atoms with Gasteiger partial charge in [0.25, 0.3) is 0 Å². The van der Waals surface area contributed by atoms with Crippen LogP contribution in [-0.2, 0) is 22.4 Å². The van der Waals surface area contributed by atoms with Crippen molar-refractivity contribution in [2.45, 2.75) is 19.3 Å². The standard InChI is InChI=1S/C19H19F3N2O2/c20-15-4-1-12(2-5-15)9-14(19(23)26)11-24-18(25)8-3-13-10-16(21)6-7-17(13)22/h1-2,4-7,10,14H,3,8-9,11H2,(H2,23,26)(H,24,25). The molecule has 0 fully saturated rings. The van der Waals surface area contributed by atoms with Crippen molar-refractivity contribution in [1.82, 2.24) is 5.32 Å². The van der Waals surface area contributed by atoms with Gasteiger partial charge in [0.05, 0.1) is 5.92 Å². The fraction of sp³-hybridized carbons (Fsp3) is 0.263. The van der Waals surface area contributed by atoms with E-state index in [1.165, 1.54) is 12.1 Å². The molecule has 26 heavy (non-hydrogen) atoms. The van der Waals surface area contributed by atoms with Gasteiger partial charge in [-0.1, -0.05) is 12.1 Å². The van der Waals surface area contributed by atoms with Crippen LogP contribution in [0, 0.1) is 23.4 Å². The van der Waals surface area contributed by atoms with E-state index >= 15 is 0 Å². The quantitative estimate of drug-likeness (QED) is 0.755. The Morgan fingerprint density at radius 1 is 1.00 bits per heavy atom. The van der Waals surface area contributed by atoms with Crippen LogP contribution in [0.5, 0.6) is 0 Å². The fourth-order valence-electron chi connectivity index (χ4n) is 2.49. The molecule has 1 atom stereocenters. The van der Waals surface area contributed by atoms with E-state index in [0.717, 1.165) is 18.2 Å². The van der Waals surface area contributed by atoms with Gasteiger partial charge in [-0.25, -0.2) is 13.2 Å². The summed E-state index contributed by atoms with van der Waals surface area (Å²) in [6.45, 7) is 0.0111. The highest BCUT2D eigenvalue weighted by Crippen LogP contribution is 2.12. The number of rotatable bonds is 8. The van der Waals surface area contributed by atoms with Gasteiger partial charge in [-0.05, 0) is 54.3 Å². The van der Waals surface area contributed by atoms with Crippen LogP contribution in [-0.4, -0.2) is 18.4 Å². The van der Waals surface area contributed by atoms with Crippen LogP contribution in [0.1, 0.15) is 17.5 Å². The zero-order valence-electron chi connectivity index (χ0n) is 14.0. The number of primary amides is 1. The van der Waals surface area contributed by atoms with Gasteiger partial charge in [0.2, 0.25) is 11.8 Å². The molecule has 0 aliphatic carbocycles. The Bertz CT molecular complexity index is 779. The molecule has 2 amide bonds. The summed E-state index contributed by atoms with van der Waals surface area (Å²) in [5.74, 6) is -3.19. The summed E-state index contributed by atoms with van der Waals surface area (Å²) in [4.78, 5) is 23.5. The fourth-order valence-corrected chi connectivity index (χ4v) is 2.49. The molecule has 0 saturated carbocycles. The topological polar surface area (TPSA) is 72.2 Å². The van der Waals surface area contributed by atoms with E-state index in [0.29, 0.717) is 5.56 Å². The number of benzene rings is 2. The Morgan fingerprint density at radius 3 is 2.31 bits per heavy atom. The van der Waals surface area contributed by atoms with Crippen molar-refractivity contribution in [2.75, 3.05) is 6.54 Å². The van der Waals surface area contributed by atoms with Crippen LogP contribution in [0.3, 0.4) is 0 Å². The molecule has 7 heteroatoms. The zero-order valence-corrected chi connectivity index (χ0v) is 14.0. The minimum Gasteiger partial charge on any atom is -0.369 e. The van der Waals surface area contributed by atoms with Crippen molar-refractivity contribution in [1.29, 1.82) is 0 Å². The maximum atomic E-state index is 13.5. The van der Waals surface area contributed by atoms with E-state index in [1.54, 1.807) is 12.1 Å². The molecule has 1 unspecified atom stereocenters. The molecule has 138 valence electrons. The van der Waals surface area contributed by atoms with Crippen LogP contribution in [0.2, 0.25) is 0 Å². The largest absolute Gasteiger partial charge is 0.369 e. The number of carbonyl (C=O) groups excluding carboxylic acids is 2. The van der Waals surface area contributed by atoms with Gasteiger partial charge in [0.1, 0.15) is 17.5 Å². The van der Waals surface area contributed by atoms with Crippen molar-refractivity contribution in [3.05, 3.63) is 71.0 Å².